The molecular formula is C19H22ClN3O2. The number of nitrogens with one attached hydrogen (secondary N) is 2. The molecule has 2 aromatic rings. The van der Waals surface area contributed by atoms with E-state index < -0.39 is 0 Å². The van der Waals surface area contributed by atoms with Crippen molar-refractivity contribution in [3.05, 3.63) is 47.5 Å². The molecule has 1 aliphatic heterocycles. The van der Waals surface area contributed by atoms with Crippen molar-refractivity contribution in [1.82, 2.24) is 0 Å². The number of methoxy groups -OCH3 is 1. The van der Waals surface area contributed by atoms with Gasteiger partial charge >= 0.3 is 0 Å². The van der Waals surface area contributed by atoms with E-state index in [0.717, 1.165) is 18.8 Å². The lowest BCUT2D eigenvalue weighted by atomic mass is 10.2. The number of nitrogens with zero attached hydrogens (tertiary/aromatic N) is 1. The quantitative estimate of drug-likeness (QED) is 0.818. The predicted molar refractivity (Wildman–Crippen MR) is 103 cm³/mol. The van der Waals surface area contributed by atoms with Gasteiger partial charge < -0.3 is 20.3 Å². The van der Waals surface area contributed by atoms with Crippen molar-refractivity contribution in [2.75, 3.05) is 42.3 Å². The van der Waals surface area contributed by atoms with Gasteiger partial charge in [0.2, 0.25) is 5.91 Å². The topological polar surface area (TPSA) is 53.6 Å². The molecule has 1 aliphatic rings. The maximum Gasteiger partial charge on any atom is 0.243 e. The number of carbonyl (C=O) groups is 1. The van der Waals surface area contributed by atoms with Gasteiger partial charge in [0.15, 0.2) is 0 Å². The number of halogens is 1. The molecule has 0 bridgehead atoms. The molecule has 0 aliphatic carbocycles. The second-order valence-electron chi connectivity index (χ2n) is 5.99. The summed E-state index contributed by atoms with van der Waals surface area (Å²) in [5, 5.41) is 6.48. The van der Waals surface area contributed by atoms with Gasteiger partial charge in [0.1, 0.15) is 5.75 Å². The Balaban J connectivity index is 1.54. The minimum absolute atomic E-state index is 0.163. The molecule has 5 nitrogen and oxygen atoms in total. The molecule has 25 heavy (non-hydrogen) atoms. The molecule has 3 rings (SSSR count). The molecule has 0 atom stereocenters. The molecule has 1 fully saturated rings. The number of benzene rings is 2. The highest BCUT2D eigenvalue weighted by Gasteiger charge is 2.12. The lowest BCUT2D eigenvalue weighted by molar-refractivity contribution is -0.114. The molecule has 0 spiro atoms. The molecule has 0 unspecified atom stereocenters. The normalized spacial score (nSPS) is 13.6. The van der Waals surface area contributed by atoms with Crippen LogP contribution in [0.25, 0.3) is 0 Å². The van der Waals surface area contributed by atoms with Gasteiger partial charge in [-0.15, -0.1) is 0 Å². The molecule has 1 amide bonds. The highest BCUT2D eigenvalue weighted by molar-refractivity contribution is 6.31. The molecule has 0 aromatic heterocycles. The van der Waals surface area contributed by atoms with Crippen LogP contribution in [0.5, 0.6) is 5.75 Å². The molecule has 0 radical (unpaired) electrons. The van der Waals surface area contributed by atoms with Crippen LogP contribution in [0.3, 0.4) is 0 Å². The van der Waals surface area contributed by atoms with Crippen LogP contribution >= 0.6 is 11.6 Å². The molecule has 6 heteroatoms. The van der Waals surface area contributed by atoms with E-state index in [1.807, 2.05) is 12.1 Å². The summed E-state index contributed by atoms with van der Waals surface area (Å²) in [6.07, 6.45) is 2.51. The Bertz CT molecular complexity index is 728. The average Bonchev–Trinajstić information content (AvgIpc) is 3.15. The van der Waals surface area contributed by atoms with Gasteiger partial charge in [-0.25, -0.2) is 0 Å². The second-order valence-corrected chi connectivity index (χ2v) is 6.42. The Morgan fingerprint density at radius 3 is 2.56 bits per heavy atom. The number of anilines is 3. The number of carbonyl (C=O) groups excluding carboxylic acids is 1. The largest absolute Gasteiger partial charge is 0.495 e. The maximum atomic E-state index is 12.2. The summed E-state index contributed by atoms with van der Waals surface area (Å²) < 4.78 is 5.23. The van der Waals surface area contributed by atoms with Crippen LogP contribution in [-0.2, 0) is 4.79 Å². The third-order valence-corrected chi connectivity index (χ3v) is 4.46. The van der Waals surface area contributed by atoms with E-state index >= 15 is 0 Å². The summed E-state index contributed by atoms with van der Waals surface area (Å²) in [6, 6.07) is 13.3. The third kappa shape index (κ3) is 4.57. The van der Waals surface area contributed by atoms with Gasteiger partial charge in [-0.2, -0.15) is 0 Å². The van der Waals surface area contributed by atoms with Gasteiger partial charge in [0.25, 0.3) is 0 Å². The van der Waals surface area contributed by atoms with Crippen molar-refractivity contribution in [1.29, 1.82) is 0 Å². The summed E-state index contributed by atoms with van der Waals surface area (Å²) in [7, 11) is 1.55. The van der Waals surface area contributed by atoms with E-state index in [-0.39, 0.29) is 12.5 Å². The molecule has 2 N–H and O–H groups in total. The number of hydrogen-bond acceptors (Lipinski definition) is 4. The van der Waals surface area contributed by atoms with Crippen molar-refractivity contribution < 1.29 is 9.53 Å². The lowest BCUT2D eigenvalue weighted by Gasteiger charge is -2.18. The predicted octanol–water partition coefficient (Wildman–Crippen LogP) is 4.00. The number of ether oxygens (including phenoxy) is 1. The molecule has 0 saturated carbocycles. The third-order valence-electron chi connectivity index (χ3n) is 4.23. The number of rotatable bonds is 6. The van der Waals surface area contributed by atoms with E-state index in [1.165, 1.54) is 18.5 Å². The second kappa shape index (κ2) is 8.12. The zero-order chi connectivity index (χ0) is 17.6. The average molecular weight is 360 g/mol. The first-order valence-corrected chi connectivity index (χ1v) is 8.76. The fourth-order valence-electron chi connectivity index (χ4n) is 2.92. The summed E-state index contributed by atoms with van der Waals surface area (Å²) in [4.78, 5) is 14.5. The first kappa shape index (κ1) is 17.4. The molecule has 1 heterocycles. The van der Waals surface area contributed by atoms with Gasteiger partial charge in [0.05, 0.1) is 19.3 Å². The van der Waals surface area contributed by atoms with E-state index in [4.69, 9.17) is 16.3 Å². The van der Waals surface area contributed by atoms with Crippen molar-refractivity contribution in [3.8, 4) is 5.75 Å². The van der Waals surface area contributed by atoms with E-state index in [0.29, 0.717) is 16.5 Å². The Labute approximate surface area is 152 Å². The molecule has 2 aromatic carbocycles. The van der Waals surface area contributed by atoms with Crippen molar-refractivity contribution in [2.45, 2.75) is 12.8 Å². The van der Waals surface area contributed by atoms with Crippen molar-refractivity contribution in [2.24, 2.45) is 0 Å². The number of hydrogen-bond donors (Lipinski definition) is 2. The Kier molecular flexibility index (Phi) is 5.66. The van der Waals surface area contributed by atoms with Crippen LogP contribution in [0.2, 0.25) is 5.02 Å². The van der Waals surface area contributed by atoms with Crippen LogP contribution in [0.1, 0.15) is 12.8 Å². The maximum absolute atomic E-state index is 12.2. The van der Waals surface area contributed by atoms with Gasteiger partial charge in [-0.3, -0.25) is 4.79 Å². The van der Waals surface area contributed by atoms with Crippen LogP contribution < -0.4 is 20.3 Å². The van der Waals surface area contributed by atoms with E-state index in [2.05, 4.69) is 27.7 Å². The van der Waals surface area contributed by atoms with Crippen LogP contribution in [0.4, 0.5) is 17.1 Å². The van der Waals surface area contributed by atoms with Gasteiger partial charge in [-0.1, -0.05) is 11.6 Å². The first-order chi connectivity index (χ1) is 12.2. The van der Waals surface area contributed by atoms with Gasteiger partial charge in [-0.05, 0) is 55.3 Å². The smallest absolute Gasteiger partial charge is 0.243 e. The minimum Gasteiger partial charge on any atom is -0.495 e. The standard InChI is InChI=1S/C19H22ClN3O2/c1-25-18-9-4-14(20)12-17(18)22-19(24)13-21-15-5-7-16(8-6-15)23-10-2-3-11-23/h4-9,12,21H,2-3,10-11,13H2,1H3,(H,22,24). The van der Waals surface area contributed by atoms with Crippen LogP contribution in [-0.4, -0.2) is 32.7 Å². The lowest BCUT2D eigenvalue weighted by Crippen LogP contribution is -2.22. The fourth-order valence-corrected chi connectivity index (χ4v) is 3.09. The Morgan fingerprint density at radius 1 is 1.16 bits per heavy atom. The summed E-state index contributed by atoms with van der Waals surface area (Å²) >= 11 is 5.97. The Morgan fingerprint density at radius 2 is 1.88 bits per heavy atom. The molecule has 1 saturated heterocycles. The van der Waals surface area contributed by atoms with E-state index in [9.17, 15) is 4.79 Å². The molecular weight excluding hydrogens is 338 g/mol. The van der Waals surface area contributed by atoms with Gasteiger partial charge in [0, 0.05) is 29.5 Å². The zero-order valence-electron chi connectivity index (χ0n) is 14.2. The summed E-state index contributed by atoms with van der Waals surface area (Å²) in [5.74, 6) is 0.414. The fraction of sp³-hybridized carbons (Fsp3) is 0.316. The van der Waals surface area contributed by atoms with E-state index in [1.54, 1.807) is 25.3 Å². The van der Waals surface area contributed by atoms with Crippen LogP contribution in [0.15, 0.2) is 42.5 Å². The van der Waals surface area contributed by atoms with Crippen LogP contribution in [0, 0.1) is 0 Å². The van der Waals surface area contributed by atoms with Crippen molar-refractivity contribution >= 4 is 34.6 Å². The highest BCUT2D eigenvalue weighted by Crippen LogP contribution is 2.27. The Hall–Kier alpha value is -2.40. The minimum atomic E-state index is -0.163. The summed E-state index contributed by atoms with van der Waals surface area (Å²) in [6.45, 7) is 2.41. The SMILES string of the molecule is COc1ccc(Cl)cc1NC(=O)CNc1ccc(N2CCCC2)cc1. The molecule has 132 valence electrons. The monoisotopic (exact) mass is 359 g/mol. The first-order valence-electron chi connectivity index (χ1n) is 8.38. The number of amides is 1. The van der Waals surface area contributed by atoms with Crippen molar-refractivity contribution in [3.63, 3.8) is 0 Å². The zero-order valence-corrected chi connectivity index (χ0v) is 15.0. The highest BCUT2D eigenvalue weighted by atomic mass is 35.5. The summed E-state index contributed by atoms with van der Waals surface area (Å²) in [5.41, 5.74) is 2.71.